The van der Waals surface area contributed by atoms with Crippen LogP contribution in [0, 0.1) is 0 Å². The van der Waals surface area contributed by atoms with Crippen molar-refractivity contribution in [3.8, 4) is 0 Å². The highest BCUT2D eigenvalue weighted by molar-refractivity contribution is 5.88. The van der Waals surface area contributed by atoms with E-state index in [1.54, 1.807) is 6.92 Å². The van der Waals surface area contributed by atoms with E-state index in [1.807, 2.05) is 0 Å². The molecule has 0 aliphatic carbocycles. The molecule has 0 spiro atoms. The van der Waals surface area contributed by atoms with Crippen LogP contribution in [0.25, 0.3) is 0 Å². The van der Waals surface area contributed by atoms with Gasteiger partial charge in [0.25, 0.3) is 0 Å². The molecule has 0 aromatic heterocycles. The number of carboxylic acids is 1. The van der Waals surface area contributed by atoms with E-state index in [9.17, 15) is 9.59 Å². The number of carbonyl (C=O) groups excluding carboxylic acids is 1. The van der Waals surface area contributed by atoms with E-state index >= 15 is 0 Å². The number of ether oxygens (including phenoxy) is 2. The molecule has 0 atom stereocenters. The molecule has 5 heteroatoms. The van der Waals surface area contributed by atoms with Gasteiger partial charge in [0.05, 0.1) is 31.0 Å². The van der Waals surface area contributed by atoms with Crippen molar-refractivity contribution in [2.24, 2.45) is 0 Å². The normalized spacial score (nSPS) is 9.40. The van der Waals surface area contributed by atoms with E-state index in [-0.39, 0.29) is 31.0 Å². The lowest BCUT2D eigenvalue weighted by Gasteiger charge is -2.06. The molecule has 1 N–H and O–H groups in total. The Morgan fingerprint density at radius 1 is 1.20 bits per heavy atom. The summed E-state index contributed by atoms with van der Waals surface area (Å²) in [5.41, 5.74) is 0.0710. The average molecular weight is 214 g/mol. The molecule has 5 nitrogen and oxygen atoms in total. The highest BCUT2D eigenvalue weighted by Crippen LogP contribution is 1.98. The van der Waals surface area contributed by atoms with E-state index in [1.165, 1.54) is 0 Å². The third-order valence-corrected chi connectivity index (χ3v) is 1.42. The molecule has 0 saturated heterocycles. The molecular formula is C10H14O5. The first-order valence-corrected chi connectivity index (χ1v) is 4.32. The number of aliphatic carboxylic acids is 1. The van der Waals surface area contributed by atoms with E-state index in [0.717, 1.165) is 0 Å². The lowest BCUT2D eigenvalue weighted by Crippen LogP contribution is -2.14. The monoisotopic (exact) mass is 214 g/mol. The van der Waals surface area contributed by atoms with Crippen molar-refractivity contribution in [1.29, 1.82) is 0 Å². The first-order chi connectivity index (χ1) is 6.99. The number of carbonyl (C=O) groups is 2. The molecule has 0 rings (SSSR count). The van der Waals surface area contributed by atoms with Crippen LogP contribution in [0.15, 0.2) is 24.3 Å². The average Bonchev–Trinajstić information content (AvgIpc) is 2.17. The van der Waals surface area contributed by atoms with Crippen LogP contribution in [-0.4, -0.2) is 36.9 Å². The second kappa shape index (κ2) is 6.78. The van der Waals surface area contributed by atoms with Gasteiger partial charge >= 0.3 is 11.9 Å². The summed E-state index contributed by atoms with van der Waals surface area (Å²) >= 11 is 0. The fourth-order valence-corrected chi connectivity index (χ4v) is 0.651. The summed E-state index contributed by atoms with van der Waals surface area (Å²) in [6.07, 6.45) is 0. The Bertz CT molecular complexity index is 280. The quantitative estimate of drug-likeness (QED) is 0.500. The number of esters is 1. The van der Waals surface area contributed by atoms with Crippen molar-refractivity contribution < 1.29 is 24.2 Å². The van der Waals surface area contributed by atoms with Crippen LogP contribution in [0.2, 0.25) is 0 Å². The van der Waals surface area contributed by atoms with Gasteiger partial charge in [0, 0.05) is 0 Å². The van der Waals surface area contributed by atoms with Gasteiger partial charge in [0.2, 0.25) is 0 Å². The summed E-state index contributed by atoms with van der Waals surface area (Å²) in [6, 6.07) is 0. The van der Waals surface area contributed by atoms with Crippen LogP contribution in [0.5, 0.6) is 0 Å². The van der Waals surface area contributed by atoms with Crippen molar-refractivity contribution in [3.05, 3.63) is 24.3 Å². The van der Waals surface area contributed by atoms with Crippen molar-refractivity contribution in [1.82, 2.24) is 0 Å². The lowest BCUT2D eigenvalue weighted by molar-refractivity contribution is -0.139. The zero-order valence-corrected chi connectivity index (χ0v) is 8.62. The summed E-state index contributed by atoms with van der Waals surface area (Å²) in [7, 11) is 0. The van der Waals surface area contributed by atoms with Gasteiger partial charge in [0.15, 0.2) is 0 Å². The molecule has 0 unspecified atom stereocenters. The minimum Gasteiger partial charge on any atom is -0.478 e. The van der Waals surface area contributed by atoms with Gasteiger partial charge in [-0.15, -0.1) is 0 Å². The lowest BCUT2D eigenvalue weighted by atomic mass is 10.3. The predicted molar refractivity (Wildman–Crippen MR) is 53.4 cm³/mol. The summed E-state index contributed by atoms with van der Waals surface area (Å²) in [5.74, 6) is -1.67. The molecule has 0 aliphatic rings. The third-order valence-electron chi connectivity index (χ3n) is 1.42. The summed E-state index contributed by atoms with van der Waals surface area (Å²) < 4.78 is 9.56. The molecule has 0 fully saturated rings. The number of rotatable bonds is 7. The standard InChI is InChI=1S/C10H14O5/c1-4-15-10(13)8(3)6-14-5-7(2)9(11)12/h2-6H2,1H3,(H,11,12). The Balaban J connectivity index is 3.77. The van der Waals surface area contributed by atoms with Gasteiger partial charge in [-0.25, -0.2) is 9.59 Å². The molecule has 0 amide bonds. The molecule has 0 saturated carbocycles. The first-order valence-electron chi connectivity index (χ1n) is 4.32. The number of hydrogen-bond acceptors (Lipinski definition) is 4. The molecule has 0 aromatic carbocycles. The molecule has 0 heterocycles. The van der Waals surface area contributed by atoms with Gasteiger partial charge in [-0.2, -0.15) is 0 Å². The van der Waals surface area contributed by atoms with Gasteiger partial charge < -0.3 is 14.6 Å². The minimum atomic E-state index is -1.13. The summed E-state index contributed by atoms with van der Waals surface area (Å²) in [5, 5.41) is 8.45. The smallest absolute Gasteiger partial charge is 0.335 e. The fourth-order valence-electron chi connectivity index (χ4n) is 0.651. The van der Waals surface area contributed by atoms with Crippen LogP contribution in [-0.2, 0) is 19.1 Å². The van der Waals surface area contributed by atoms with Gasteiger partial charge in [-0.05, 0) is 6.92 Å². The van der Waals surface area contributed by atoms with Crippen LogP contribution < -0.4 is 0 Å². The largest absolute Gasteiger partial charge is 0.478 e. The highest BCUT2D eigenvalue weighted by atomic mass is 16.5. The van der Waals surface area contributed by atoms with Gasteiger partial charge in [-0.1, -0.05) is 13.2 Å². The molecule has 15 heavy (non-hydrogen) atoms. The maximum atomic E-state index is 11.0. The van der Waals surface area contributed by atoms with Crippen molar-refractivity contribution in [2.75, 3.05) is 19.8 Å². The topological polar surface area (TPSA) is 72.8 Å². The second-order valence-electron chi connectivity index (χ2n) is 2.73. The summed E-state index contributed by atoms with van der Waals surface area (Å²) in [6.45, 7) is 8.43. The minimum absolute atomic E-state index is 0.0644. The predicted octanol–water partition coefficient (Wildman–Crippen LogP) is 0.763. The third kappa shape index (κ3) is 5.64. The summed E-state index contributed by atoms with van der Waals surface area (Å²) in [4.78, 5) is 21.3. The van der Waals surface area contributed by atoms with E-state index in [2.05, 4.69) is 17.9 Å². The van der Waals surface area contributed by atoms with Crippen molar-refractivity contribution >= 4 is 11.9 Å². The maximum Gasteiger partial charge on any atom is 0.335 e. The van der Waals surface area contributed by atoms with Gasteiger partial charge in [-0.3, -0.25) is 0 Å². The van der Waals surface area contributed by atoms with Crippen molar-refractivity contribution in [2.45, 2.75) is 6.92 Å². The van der Waals surface area contributed by atoms with Crippen LogP contribution in [0.4, 0.5) is 0 Å². The van der Waals surface area contributed by atoms with Crippen molar-refractivity contribution in [3.63, 3.8) is 0 Å². The molecule has 0 aliphatic heterocycles. The van der Waals surface area contributed by atoms with Gasteiger partial charge in [0.1, 0.15) is 0 Å². The second-order valence-corrected chi connectivity index (χ2v) is 2.73. The number of carboxylic acid groups (broad SMARTS) is 1. The van der Waals surface area contributed by atoms with E-state index in [4.69, 9.17) is 9.84 Å². The Morgan fingerprint density at radius 3 is 2.20 bits per heavy atom. The fraction of sp³-hybridized carbons (Fsp3) is 0.400. The maximum absolute atomic E-state index is 11.0. The molecular weight excluding hydrogens is 200 g/mol. The Hall–Kier alpha value is -1.62. The van der Waals surface area contributed by atoms with Crippen LogP contribution >= 0.6 is 0 Å². The molecule has 84 valence electrons. The Labute approximate surface area is 88.0 Å². The Kier molecular flexibility index (Phi) is 6.05. The molecule has 0 aromatic rings. The van der Waals surface area contributed by atoms with Crippen LogP contribution in [0.3, 0.4) is 0 Å². The zero-order valence-electron chi connectivity index (χ0n) is 8.62. The SMILES string of the molecule is C=C(COCC(=C)C(=O)OCC)C(=O)O. The van der Waals surface area contributed by atoms with E-state index in [0.29, 0.717) is 0 Å². The first kappa shape index (κ1) is 13.4. The zero-order chi connectivity index (χ0) is 11.8. The molecule has 0 radical (unpaired) electrons. The highest BCUT2D eigenvalue weighted by Gasteiger charge is 2.09. The number of hydrogen-bond donors (Lipinski definition) is 1. The Morgan fingerprint density at radius 2 is 1.73 bits per heavy atom. The molecule has 0 bridgehead atoms. The van der Waals surface area contributed by atoms with E-state index < -0.39 is 11.9 Å². The van der Waals surface area contributed by atoms with Crippen LogP contribution in [0.1, 0.15) is 6.92 Å².